The van der Waals surface area contributed by atoms with Crippen LogP contribution in [0.25, 0.3) is 0 Å². The van der Waals surface area contributed by atoms with Crippen molar-refractivity contribution in [1.29, 1.82) is 0 Å². The molecule has 0 atom stereocenters. The number of carboxylic acids is 2. The minimum Gasteiger partial charge on any atom is -0.545 e. The van der Waals surface area contributed by atoms with Crippen molar-refractivity contribution in [2.24, 2.45) is 0 Å². The Hall–Kier alpha value is 0.0900. The first-order valence-corrected chi connectivity index (χ1v) is 3.41. The molecule has 1 rings (SSSR count). The number of nitrogens with zero attached hydrogens (tertiary/aromatic N) is 1. The van der Waals surface area contributed by atoms with E-state index in [9.17, 15) is 19.8 Å². The van der Waals surface area contributed by atoms with Crippen LogP contribution in [0.15, 0.2) is 12.3 Å². The molecule has 1 heterocycles. The average molecular weight is 225 g/mol. The fourth-order valence-electron chi connectivity index (χ4n) is 0.887. The molecule has 0 aliphatic carbocycles. The van der Waals surface area contributed by atoms with E-state index >= 15 is 0 Å². The summed E-state index contributed by atoms with van der Waals surface area (Å²) in [4.78, 5) is 24.2. The minimum absolute atomic E-state index is 0. The van der Waals surface area contributed by atoms with Gasteiger partial charge >= 0.3 is 59.1 Å². The molecule has 5 nitrogen and oxygen atoms in total. The van der Waals surface area contributed by atoms with Crippen LogP contribution in [0, 0.1) is 6.92 Å². The van der Waals surface area contributed by atoms with Gasteiger partial charge in [-0.15, -0.1) is 0 Å². The van der Waals surface area contributed by atoms with Crippen molar-refractivity contribution in [3.63, 3.8) is 0 Å². The van der Waals surface area contributed by atoms with E-state index in [0.717, 1.165) is 0 Å². The Kier molecular flexibility index (Phi) is 8.60. The number of hydrogen-bond donors (Lipinski definition) is 0. The van der Waals surface area contributed by atoms with Gasteiger partial charge in [-0.25, -0.2) is 0 Å². The number of aryl methyl sites for hydroxylation is 1. The monoisotopic (exact) mass is 225 g/mol. The van der Waals surface area contributed by atoms with Crippen LogP contribution in [-0.2, 0) is 0 Å². The molecule has 0 unspecified atom stereocenters. The first-order valence-electron chi connectivity index (χ1n) is 3.41. The molecule has 7 heteroatoms. The van der Waals surface area contributed by atoms with E-state index in [1.807, 2.05) is 0 Å². The second kappa shape index (κ2) is 7.38. The van der Waals surface area contributed by atoms with Gasteiger partial charge in [-0.3, -0.25) is 4.98 Å². The van der Waals surface area contributed by atoms with Gasteiger partial charge in [-0.05, 0) is 18.6 Å². The topological polar surface area (TPSA) is 93.2 Å². The maximum atomic E-state index is 10.4. The molecule has 0 N–H and O–H groups in total. The van der Waals surface area contributed by atoms with Crippen LogP contribution in [0.3, 0.4) is 0 Å². The number of aromatic nitrogens is 1. The van der Waals surface area contributed by atoms with Crippen LogP contribution in [0.5, 0.6) is 0 Å². The summed E-state index contributed by atoms with van der Waals surface area (Å²) in [6.07, 6.45) is 1.25. The molecule has 0 aliphatic heterocycles. The molecule has 15 heavy (non-hydrogen) atoms. The van der Waals surface area contributed by atoms with Crippen LogP contribution in [-0.4, -0.2) is 16.9 Å². The van der Waals surface area contributed by atoms with E-state index in [0.29, 0.717) is 5.56 Å². The van der Waals surface area contributed by atoms with Crippen molar-refractivity contribution in [3.8, 4) is 0 Å². The quantitative estimate of drug-likeness (QED) is 0.466. The van der Waals surface area contributed by atoms with Crippen molar-refractivity contribution in [3.05, 3.63) is 29.1 Å². The number of aromatic carboxylic acids is 2. The van der Waals surface area contributed by atoms with Crippen molar-refractivity contribution >= 4 is 11.9 Å². The third-order valence-electron chi connectivity index (χ3n) is 1.44. The van der Waals surface area contributed by atoms with Gasteiger partial charge in [0.25, 0.3) is 0 Å². The molecule has 1 aromatic heterocycles. The van der Waals surface area contributed by atoms with E-state index in [1.54, 1.807) is 6.92 Å². The number of carbonyl (C=O) groups excluding carboxylic acids is 2. The maximum absolute atomic E-state index is 10.4. The summed E-state index contributed by atoms with van der Waals surface area (Å²) in [7, 11) is 0. The molecule has 0 amide bonds. The zero-order valence-electron chi connectivity index (χ0n) is 8.73. The zero-order chi connectivity index (χ0) is 10.0. The van der Waals surface area contributed by atoms with E-state index in [1.165, 1.54) is 12.3 Å². The molecule has 68 valence electrons. The summed E-state index contributed by atoms with van der Waals surface area (Å²) in [5.41, 5.74) is -0.519. The van der Waals surface area contributed by atoms with Gasteiger partial charge in [0, 0.05) is 11.8 Å². The fraction of sp³-hybridized carbons (Fsp3) is 0.125. The number of hydrogen-bond acceptors (Lipinski definition) is 5. The van der Waals surface area contributed by atoms with E-state index in [2.05, 4.69) is 4.98 Å². The third-order valence-corrected chi connectivity index (χ3v) is 1.44. The van der Waals surface area contributed by atoms with Crippen LogP contribution < -0.4 is 69.3 Å². The SMILES string of the molecule is Cc1cnc(C(=O)[O-])c(C(=O)[O-])c1.[Na+].[Na+]. The van der Waals surface area contributed by atoms with Crippen LogP contribution in [0.4, 0.5) is 0 Å². The predicted octanol–water partition coefficient (Wildman–Crippen LogP) is -7.87. The van der Waals surface area contributed by atoms with E-state index < -0.39 is 23.2 Å². The summed E-state index contributed by atoms with van der Waals surface area (Å²) in [6.45, 7) is 1.60. The Labute approximate surface area is 130 Å². The predicted molar refractivity (Wildman–Crippen MR) is 37.6 cm³/mol. The summed E-state index contributed by atoms with van der Waals surface area (Å²) in [6, 6.07) is 1.17. The van der Waals surface area contributed by atoms with Gasteiger partial charge in [-0.1, -0.05) is 0 Å². The molecule has 0 bridgehead atoms. The Morgan fingerprint density at radius 3 is 2.13 bits per heavy atom. The molecule has 0 spiro atoms. The summed E-state index contributed by atoms with van der Waals surface area (Å²) in [5, 5.41) is 20.8. The number of carbonyl (C=O) groups is 2. The molecule has 0 radical (unpaired) electrons. The summed E-state index contributed by atoms with van der Waals surface area (Å²) in [5.74, 6) is -3.20. The first-order chi connectivity index (χ1) is 6.02. The standard InChI is InChI=1S/C8H7NO4.2Na/c1-4-2-5(7(10)11)6(8(12)13)9-3-4;;/h2-3H,1H3,(H,10,11)(H,12,13);;/q;2*+1/p-2. The second-order valence-corrected chi connectivity index (χ2v) is 2.48. The minimum atomic E-state index is -1.63. The second-order valence-electron chi connectivity index (χ2n) is 2.48. The van der Waals surface area contributed by atoms with Gasteiger partial charge in [0.05, 0.1) is 17.6 Å². The van der Waals surface area contributed by atoms with Gasteiger partial charge in [0.15, 0.2) is 0 Å². The fourth-order valence-corrected chi connectivity index (χ4v) is 0.887. The smallest absolute Gasteiger partial charge is 0.545 e. The van der Waals surface area contributed by atoms with E-state index in [4.69, 9.17) is 0 Å². The molecule has 1 aromatic rings. The molecule has 0 aliphatic rings. The van der Waals surface area contributed by atoms with Crippen molar-refractivity contribution in [2.75, 3.05) is 0 Å². The van der Waals surface area contributed by atoms with Crippen LogP contribution in [0.2, 0.25) is 0 Å². The van der Waals surface area contributed by atoms with Gasteiger partial charge in [-0.2, -0.15) is 0 Å². The van der Waals surface area contributed by atoms with Gasteiger partial charge < -0.3 is 19.8 Å². The normalized spacial score (nSPS) is 8.33. The molecular formula is C8H5NNa2O4. The number of rotatable bonds is 2. The number of pyridine rings is 1. The third kappa shape index (κ3) is 4.63. The Bertz CT molecular complexity index is 381. The Balaban J connectivity index is 0. The van der Waals surface area contributed by atoms with Gasteiger partial charge in [0.1, 0.15) is 0 Å². The average Bonchev–Trinajstić information content (AvgIpc) is 2.03. The molecule has 0 aromatic carbocycles. The Morgan fingerprint density at radius 1 is 1.20 bits per heavy atom. The maximum Gasteiger partial charge on any atom is 1.00 e. The van der Waals surface area contributed by atoms with Crippen molar-refractivity contribution < 1.29 is 78.9 Å². The Morgan fingerprint density at radius 2 is 1.73 bits per heavy atom. The molecule has 0 saturated heterocycles. The van der Waals surface area contributed by atoms with Gasteiger partial charge in [0.2, 0.25) is 0 Å². The van der Waals surface area contributed by atoms with Crippen LogP contribution in [0.1, 0.15) is 26.4 Å². The largest absolute Gasteiger partial charge is 1.00 e. The zero-order valence-corrected chi connectivity index (χ0v) is 12.7. The number of carboxylic acid groups (broad SMARTS) is 2. The van der Waals surface area contributed by atoms with Crippen LogP contribution >= 0.6 is 0 Å². The van der Waals surface area contributed by atoms with Crippen molar-refractivity contribution in [1.82, 2.24) is 4.98 Å². The summed E-state index contributed by atoms with van der Waals surface area (Å²) < 4.78 is 0. The molecular weight excluding hydrogens is 220 g/mol. The van der Waals surface area contributed by atoms with E-state index in [-0.39, 0.29) is 59.1 Å². The first kappa shape index (κ1) is 17.5. The molecule has 0 fully saturated rings. The summed E-state index contributed by atoms with van der Waals surface area (Å²) >= 11 is 0. The molecule has 0 saturated carbocycles. The van der Waals surface area contributed by atoms with Crippen molar-refractivity contribution in [2.45, 2.75) is 6.92 Å².